The Morgan fingerprint density at radius 1 is 1.25 bits per heavy atom. The number of hydrogen-bond acceptors (Lipinski definition) is 2. The molecule has 0 amide bonds. The highest BCUT2D eigenvalue weighted by atomic mass is 16.5. The molecule has 1 aliphatic rings. The van der Waals surface area contributed by atoms with Crippen LogP contribution in [-0.4, -0.2) is 22.9 Å². The van der Waals surface area contributed by atoms with Crippen LogP contribution in [0.1, 0.15) is 46.5 Å². The molecule has 0 bridgehead atoms. The zero-order valence-corrected chi connectivity index (χ0v) is 8.39. The quantitative estimate of drug-likeness (QED) is 0.691. The Morgan fingerprint density at radius 2 is 1.83 bits per heavy atom. The maximum Gasteiger partial charge on any atom is 0.0937 e. The molecule has 2 atom stereocenters. The van der Waals surface area contributed by atoms with Gasteiger partial charge in [-0.2, -0.15) is 0 Å². The summed E-state index contributed by atoms with van der Waals surface area (Å²) in [5.41, 5.74) is -0.957. The monoisotopic (exact) mass is 172 g/mol. The molecule has 2 nitrogen and oxygen atoms in total. The highest BCUT2D eigenvalue weighted by Gasteiger charge is 2.45. The first-order valence-electron chi connectivity index (χ1n) is 4.88. The van der Waals surface area contributed by atoms with E-state index in [9.17, 15) is 5.11 Å². The van der Waals surface area contributed by atoms with Gasteiger partial charge in [-0.3, -0.25) is 0 Å². The Morgan fingerprint density at radius 3 is 2.33 bits per heavy atom. The first-order valence-corrected chi connectivity index (χ1v) is 4.88. The number of aliphatic hydroxyl groups is 1. The molecule has 0 spiro atoms. The van der Waals surface area contributed by atoms with Crippen molar-refractivity contribution in [1.82, 2.24) is 0 Å². The SMILES string of the molecule is CCOC1(C)CCCCC1(C)O. The zero-order valence-electron chi connectivity index (χ0n) is 8.39. The molecule has 1 rings (SSSR count). The van der Waals surface area contributed by atoms with Crippen LogP contribution in [-0.2, 0) is 4.74 Å². The first-order chi connectivity index (χ1) is 5.52. The van der Waals surface area contributed by atoms with Crippen LogP contribution in [0.5, 0.6) is 0 Å². The highest BCUT2D eigenvalue weighted by Crippen LogP contribution is 2.39. The van der Waals surface area contributed by atoms with Crippen LogP contribution in [0.3, 0.4) is 0 Å². The van der Waals surface area contributed by atoms with Gasteiger partial charge in [-0.25, -0.2) is 0 Å². The normalized spacial score (nSPS) is 43.0. The third-order valence-corrected chi connectivity index (χ3v) is 3.17. The maximum atomic E-state index is 10.1. The third kappa shape index (κ3) is 1.64. The summed E-state index contributed by atoms with van der Waals surface area (Å²) >= 11 is 0. The van der Waals surface area contributed by atoms with Crippen LogP contribution in [0, 0.1) is 0 Å². The Kier molecular flexibility index (Phi) is 2.79. The van der Waals surface area contributed by atoms with Crippen LogP contribution >= 0.6 is 0 Å². The topological polar surface area (TPSA) is 29.5 Å². The Labute approximate surface area is 74.9 Å². The van der Waals surface area contributed by atoms with E-state index in [1.807, 2.05) is 20.8 Å². The van der Waals surface area contributed by atoms with Crippen LogP contribution in [0.15, 0.2) is 0 Å². The molecule has 1 aliphatic carbocycles. The van der Waals surface area contributed by atoms with Gasteiger partial charge in [0.1, 0.15) is 0 Å². The van der Waals surface area contributed by atoms with Crippen molar-refractivity contribution < 1.29 is 9.84 Å². The predicted octanol–water partition coefficient (Wildman–Crippen LogP) is 2.11. The second-order valence-electron chi connectivity index (χ2n) is 4.14. The maximum absolute atomic E-state index is 10.1. The largest absolute Gasteiger partial charge is 0.387 e. The first kappa shape index (κ1) is 10.0. The lowest BCUT2D eigenvalue weighted by atomic mass is 9.74. The number of rotatable bonds is 2. The Hall–Kier alpha value is -0.0800. The molecule has 0 aromatic rings. The molecule has 0 aromatic carbocycles. The summed E-state index contributed by atoms with van der Waals surface area (Å²) in [6, 6.07) is 0. The van der Waals surface area contributed by atoms with Gasteiger partial charge in [0.2, 0.25) is 0 Å². The summed E-state index contributed by atoms with van der Waals surface area (Å²) in [6.45, 7) is 6.58. The summed E-state index contributed by atoms with van der Waals surface area (Å²) in [6.07, 6.45) is 4.14. The van der Waals surface area contributed by atoms with E-state index < -0.39 is 5.60 Å². The average Bonchev–Trinajstić information content (AvgIpc) is 1.96. The molecular weight excluding hydrogens is 152 g/mol. The van der Waals surface area contributed by atoms with E-state index in [-0.39, 0.29) is 5.60 Å². The smallest absolute Gasteiger partial charge is 0.0937 e. The minimum Gasteiger partial charge on any atom is -0.387 e. The fourth-order valence-electron chi connectivity index (χ4n) is 2.01. The lowest BCUT2D eigenvalue weighted by Gasteiger charge is -2.45. The van der Waals surface area contributed by atoms with Gasteiger partial charge in [0, 0.05) is 6.61 Å². The second kappa shape index (κ2) is 3.35. The molecule has 0 saturated heterocycles. The standard InChI is InChI=1S/C10H20O2/c1-4-12-10(3)8-6-5-7-9(10,2)11/h11H,4-8H2,1-3H3. The van der Waals surface area contributed by atoms with Gasteiger partial charge in [-0.1, -0.05) is 12.8 Å². The van der Waals surface area contributed by atoms with E-state index in [1.54, 1.807) is 0 Å². The van der Waals surface area contributed by atoms with E-state index in [0.29, 0.717) is 6.61 Å². The fourth-order valence-corrected chi connectivity index (χ4v) is 2.01. The molecule has 2 heteroatoms. The van der Waals surface area contributed by atoms with E-state index in [1.165, 1.54) is 6.42 Å². The Balaban J connectivity index is 2.69. The van der Waals surface area contributed by atoms with Gasteiger partial charge < -0.3 is 9.84 Å². The number of hydrogen-bond donors (Lipinski definition) is 1. The summed E-state index contributed by atoms with van der Waals surface area (Å²) in [4.78, 5) is 0. The van der Waals surface area contributed by atoms with Crippen LogP contribution in [0.4, 0.5) is 0 Å². The second-order valence-corrected chi connectivity index (χ2v) is 4.14. The third-order valence-electron chi connectivity index (χ3n) is 3.17. The average molecular weight is 172 g/mol. The molecular formula is C10H20O2. The van der Waals surface area contributed by atoms with Gasteiger partial charge in [0.25, 0.3) is 0 Å². The molecule has 72 valence electrons. The van der Waals surface area contributed by atoms with E-state index in [4.69, 9.17) is 4.74 Å². The van der Waals surface area contributed by atoms with E-state index in [0.717, 1.165) is 19.3 Å². The summed E-state index contributed by atoms with van der Waals surface area (Å²) in [5.74, 6) is 0. The molecule has 0 aliphatic heterocycles. The van der Waals surface area contributed by atoms with Crippen molar-refractivity contribution in [3.63, 3.8) is 0 Å². The minimum atomic E-state index is -0.638. The van der Waals surface area contributed by atoms with E-state index >= 15 is 0 Å². The van der Waals surface area contributed by atoms with Gasteiger partial charge in [0.05, 0.1) is 11.2 Å². The fraction of sp³-hybridized carbons (Fsp3) is 1.00. The molecule has 1 N–H and O–H groups in total. The van der Waals surface area contributed by atoms with Gasteiger partial charge in [-0.05, 0) is 33.6 Å². The molecule has 1 fully saturated rings. The Bertz CT molecular complexity index is 150. The minimum absolute atomic E-state index is 0.319. The van der Waals surface area contributed by atoms with Crippen LogP contribution in [0.2, 0.25) is 0 Å². The predicted molar refractivity (Wildman–Crippen MR) is 49.1 cm³/mol. The molecule has 0 heterocycles. The summed E-state index contributed by atoms with van der Waals surface area (Å²) < 4.78 is 5.64. The lowest BCUT2D eigenvalue weighted by molar-refractivity contribution is -0.184. The van der Waals surface area contributed by atoms with Gasteiger partial charge in [0.15, 0.2) is 0 Å². The molecule has 2 unspecified atom stereocenters. The highest BCUT2D eigenvalue weighted by molar-refractivity contribution is 4.97. The van der Waals surface area contributed by atoms with Crippen LogP contribution < -0.4 is 0 Å². The number of ether oxygens (including phenoxy) is 1. The molecule has 12 heavy (non-hydrogen) atoms. The van der Waals surface area contributed by atoms with Crippen molar-refractivity contribution in [2.24, 2.45) is 0 Å². The van der Waals surface area contributed by atoms with Crippen molar-refractivity contribution in [3.05, 3.63) is 0 Å². The van der Waals surface area contributed by atoms with Crippen molar-refractivity contribution in [2.75, 3.05) is 6.61 Å². The molecule has 0 radical (unpaired) electrons. The van der Waals surface area contributed by atoms with Gasteiger partial charge in [-0.15, -0.1) is 0 Å². The van der Waals surface area contributed by atoms with Gasteiger partial charge >= 0.3 is 0 Å². The summed E-state index contributed by atoms with van der Waals surface area (Å²) in [5, 5.41) is 10.1. The van der Waals surface area contributed by atoms with Crippen molar-refractivity contribution >= 4 is 0 Å². The zero-order chi connectivity index (χ0) is 9.24. The molecule has 1 saturated carbocycles. The van der Waals surface area contributed by atoms with Crippen molar-refractivity contribution in [1.29, 1.82) is 0 Å². The lowest BCUT2D eigenvalue weighted by Crippen LogP contribution is -2.53. The molecule has 0 aromatic heterocycles. The van der Waals surface area contributed by atoms with E-state index in [2.05, 4.69) is 0 Å². The van der Waals surface area contributed by atoms with Crippen LogP contribution in [0.25, 0.3) is 0 Å². The van der Waals surface area contributed by atoms with Crippen molar-refractivity contribution in [3.8, 4) is 0 Å². The van der Waals surface area contributed by atoms with Crippen molar-refractivity contribution in [2.45, 2.75) is 57.7 Å². The summed E-state index contributed by atoms with van der Waals surface area (Å²) in [7, 11) is 0.